The Bertz CT molecular complexity index is 869. The van der Waals surface area contributed by atoms with E-state index in [1.807, 2.05) is 18.2 Å². The molecule has 1 heterocycles. The maximum Gasteiger partial charge on any atom is 0.224 e. The van der Waals surface area contributed by atoms with Gasteiger partial charge in [-0.15, -0.1) is 0 Å². The summed E-state index contributed by atoms with van der Waals surface area (Å²) < 4.78 is 11.2. The fourth-order valence-electron chi connectivity index (χ4n) is 3.85. The third-order valence-electron chi connectivity index (χ3n) is 5.66. The summed E-state index contributed by atoms with van der Waals surface area (Å²) in [5.74, 6) is 1.62. The second-order valence-corrected chi connectivity index (χ2v) is 9.63. The molecule has 0 bridgehead atoms. The number of ether oxygens (including phenoxy) is 2. The molecule has 1 amide bonds. The Labute approximate surface area is 186 Å². The van der Waals surface area contributed by atoms with Gasteiger partial charge < -0.3 is 19.7 Å². The van der Waals surface area contributed by atoms with Crippen LogP contribution in [0.1, 0.15) is 57.1 Å². The Morgan fingerprint density at radius 3 is 2.35 bits per heavy atom. The smallest absolute Gasteiger partial charge is 0.224 e. The van der Waals surface area contributed by atoms with E-state index >= 15 is 0 Å². The second kappa shape index (κ2) is 10.2. The molecular formula is C26H36N2O3. The number of rotatable bonds is 8. The number of nitrogens with one attached hydrogen (secondary N) is 1. The van der Waals surface area contributed by atoms with E-state index in [1.54, 1.807) is 0 Å². The molecular weight excluding hydrogens is 388 g/mol. The highest BCUT2D eigenvalue weighted by Gasteiger charge is 2.19. The van der Waals surface area contributed by atoms with Crippen molar-refractivity contribution in [2.24, 2.45) is 0 Å². The lowest BCUT2D eigenvalue weighted by molar-refractivity contribution is -0.116. The Hall–Kier alpha value is -2.53. The molecule has 1 N–H and O–H groups in total. The molecule has 1 unspecified atom stereocenters. The first kappa shape index (κ1) is 23.1. The van der Waals surface area contributed by atoms with E-state index in [4.69, 9.17) is 9.47 Å². The van der Waals surface area contributed by atoms with Crippen molar-refractivity contribution in [2.75, 3.05) is 39.2 Å². The van der Waals surface area contributed by atoms with Crippen molar-refractivity contribution in [2.45, 2.75) is 51.4 Å². The van der Waals surface area contributed by atoms with Crippen molar-refractivity contribution in [3.8, 4) is 11.5 Å². The van der Waals surface area contributed by atoms with Crippen molar-refractivity contribution in [3.05, 3.63) is 53.6 Å². The van der Waals surface area contributed by atoms with Crippen LogP contribution in [0.25, 0.3) is 0 Å². The Morgan fingerprint density at radius 2 is 1.71 bits per heavy atom. The summed E-state index contributed by atoms with van der Waals surface area (Å²) in [5, 5.41) is 3.04. The summed E-state index contributed by atoms with van der Waals surface area (Å²) >= 11 is 0. The molecule has 0 aromatic heterocycles. The molecule has 1 aliphatic rings. The fourth-order valence-corrected chi connectivity index (χ4v) is 3.85. The lowest BCUT2D eigenvalue weighted by Gasteiger charge is -2.22. The van der Waals surface area contributed by atoms with Gasteiger partial charge in [0.1, 0.15) is 13.2 Å². The highest BCUT2D eigenvalue weighted by Crippen LogP contribution is 2.33. The van der Waals surface area contributed by atoms with Gasteiger partial charge in [0.25, 0.3) is 0 Å². The third-order valence-corrected chi connectivity index (χ3v) is 5.66. The van der Waals surface area contributed by atoms with Gasteiger partial charge in [0.15, 0.2) is 11.5 Å². The minimum absolute atomic E-state index is 0.0198. The maximum absolute atomic E-state index is 12.9. The molecule has 0 saturated carbocycles. The molecule has 168 valence electrons. The van der Waals surface area contributed by atoms with E-state index in [1.165, 1.54) is 11.1 Å². The van der Waals surface area contributed by atoms with Crippen LogP contribution in [-0.4, -0.2) is 44.7 Å². The van der Waals surface area contributed by atoms with E-state index in [9.17, 15) is 4.79 Å². The van der Waals surface area contributed by atoms with Crippen LogP contribution in [0.4, 0.5) is 5.69 Å². The zero-order valence-corrected chi connectivity index (χ0v) is 19.5. The van der Waals surface area contributed by atoms with E-state index in [-0.39, 0.29) is 17.2 Å². The average molecular weight is 425 g/mol. The van der Waals surface area contributed by atoms with Crippen LogP contribution in [0.5, 0.6) is 11.5 Å². The maximum atomic E-state index is 12.9. The molecule has 0 aliphatic carbocycles. The van der Waals surface area contributed by atoms with Gasteiger partial charge >= 0.3 is 0 Å². The predicted molar refractivity (Wildman–Crippen MR) is 126 cm³/mol. The summed E-state index contributed by atoms with van der Waals surface area (Å²) in [5.41, 5.74) is 3.40. The van der Waals surface area contributed by atoms with E-state index in [2.05, 4.69) is 69.3 Å². The van der Waals surface area contributed by atoms with Gasteiger partial charge in [-0.1, -0.05) is 45.0 Å². The molecule has 1 aliphatic heterocycles. The Morgan fingerprint density at radius 1 is 1.03 bits per heavy atom. The molecule has 2 aromatic rings. The van der Waals surface area contributed by atoms with Gasteiger partial charge in [-0.25, -0.2) is 0 Å². The van der Waals surface area contributed by atoms with Crippen LogP contribution in [0.15, 0.2) is 42.5 Å². The lowest BCUT2D eigenvalue weighted by atomic mass is 9.84. The van der Waals surface area contributed by atoms with E-state index in [0.717, 1.165) is 30.8 Å². The van der Waals surface area contributed by atoms with Gasteiger partial charge in [0.05, 0.1) is 0 Å². The summed E-state index contributed by atoms with van der Waals surface area (Å²) in [6, 6.07) is 14.3. The summed E-state index contributed by atoms with van der Waals surface area (Å²) in [6.45, 7) is 8.76. The van der Waals surface area contributed by atoms with Crippen LogP contribution < -0.4 is 14.8 Å². The SMILES string of the molecule is CN(C)CCCC(CC(=O)Nc1ccc2c(c1)OCCO2)c1ccc(C(C)(C)C)cc1. The largest absolute Gasteiger partial charge is 0.486 e. The number of hydrogen-bond donors (Lipinski definition) is 1. The number of carbonyl (C=O) groups excluding carboxylic acids is 1. The summed E-state index contributed by atoms with van der Waals surface area (Å²) in [4.78, 5) is 15.1. The number of amides is 1. The van der Waals surface area contributed by atoms with E-state index < -0.39 is 0 Å². The first-order valence-electron chi connectivity index (χ1n) is 11.2. The molecule has 0 fully saturated rings. The molecule has 3 rings (SSSR count). The summed E-state index contributed by atoms with van der Waals surface area (Å²) in [7, 11) is 4.17. The standard InChI is InChI=1S/C26H36N2O3/c1-26(2,3)21-10-8-19(9-11-21)20(7-6-14-28(4)5)17-25(29)27-22-12-13-23-24(18-22)31-16-15-30-23/h8-13,18,20H,6-7,14-17H2,1-5H3,(H,27,29). The fraction of sp³-hybridized carbons (Fsp3) is 0.500. The van der Waals surface area contributed by atoms with Crippen molar-refractivity contribution >= 4 is 11.6 Å². The van der Waals surface area contributed by atoms with Crippen molar-refractivity contribution in [1.29, 1.82) is 0 Å². The van der Waals surface area contributed by atoms with Gasteiger partial charge in [-0.05, 0) is 68.1 Å². The minimum Gasteiger partial charge on any atom is -0.486 e. The molecule has 1 atom stereocenters. The van der Waals surface area contributed by atoms with Crippen molar-refractivity contribution < 1.29 is 14.3 Å². The normalized spacial score (nSPS) is 14.4. The quantitative estimate of drug-likeness (QED) is 0.632. The van der Waals surface area contributed by atoms with Crippen LogP contribution >= 0.6 is 0 Å². The van der Waals surface area contributed by atoms with Crippen LogP contribution in [0.2, 0.25) is 0 Å². The number of fused-ring (bicyclic) bond motifs is 1. The van der Waals surface area contributed by atoms with Crippen LogP contribution in [0.3, 0.4) is 0 Å². The first-order chi connectivity index (χ1) is 14.7. The second-order valence-electron chi connectivity index (χ2n) is 9.63. The summed E-state index contributed by atoms with van der Waals surface area (Å²) in [6.07, 6.45) is 2.48. The van der Waals surface area contributed by atoms with E-state index in [0.29, 0.717) is 25.4 Å². The number of benzene rings is 2. The number of nitrogens with zero attached hydrogens (tertiary/aromatic N) is 1. The Kier molecular flexibility index (Phi) is 7.60. The zero-order chi connectivity index (χ0) is 22.4. The van der Waals surface area contributed by atoms with Gasteiger partial charge in [0.2, 0.25) is 5.91 Å². The van der Waals surface area contributed by atoms with Crippen LogP contribution in [0, 0.1) is 0 Å². The lowest BCUT2D eigenvalue weighted by Crippen LogP contribution is -2.19. The molecule has 5 nitrogen and oxygen atoms in total. The van der Waals surface area contributed by atoms with Crippen molar-refractivity contribution in [3.63, 3.8) is 0 Å². The van der Waals surface area contributed by atoms with Crippen LogP contribution in [-0.2, 0) is 10.2 Å². The number of carbonyl (C=O) groups is 1. The van der Waals surface area contributed by atoms with Crippen molar-refractivity contribution in [1.82, 2.24) is 4.90 Å². The predicted octanol–water partition coefficient (Wildman–Crippen LogP) is 5.21. The average Bonchev–Trinajstić information content (AvgIpc) is 2.72. The van der Waals surface area contributed by atoms with Gasteiger partial charge in [0, 0.05) is 18.2 Å². The number of hydrogen-bond acceptors (Lipinski definition) is 4. The highest BCUT2D eigenvalue weighted by atomic mass is 16.6. The number of anilines is 1. The van der Waals surface area contributed by atoms with Gasteiger partial charge in [-0.2, -0.15) is 0 Å². The molecule has 5 heteroatoms. The Balaban J connectivity index is 1.69. The molecule has 31 heavy (non-hydrogen) atoms. The molecule has 0 saturated heterocycles. The highest BCUT2D eigenvalue weighted by molar-refractivity contribution is 5.91. The molecule has 0 spiro atoms. The monoisotopic (exact) mass is 424 g/mol. The third kappa shape index (κ3) is 6.73. The van der Waals surface area contributed by atoms with Gasteiger partial charge in [-0.3, -0.25) is 4.79 Å². The zero-order valence-electron chi connectivity index (χ0n) is 19.5. The minimum atomic E-state index is 0.0198. The molecule has 0 radical (unpaired) electrons. The first-order valence-corrected chi connectivity index (χ1v) is 11.2. The topological polar surface area (TPSA) is 50.8 Å². The molecule has 2 aromatic carbocycles.